The summed E-state index contributed by atoms with van der Waals surface area (Å²) in [5.74, 6) is 1.38. The van der Waals surface area contributed by atoms with Gasteiger partial charge in [0.2, 0.25) is 5.75 Å². The van der Waals surface area contributed by atoms with Gasteiger partial charge in [-0.15, -0.1) is 0 Å². The van der Waals surface area contributed by atoms with Crippen molar-refractivity contribution in [3.63, 3.8) is 0 Å². The minimum Gasteiger partial charge on any atom is -0.493 e. The number of benzene rings is 2. The number of hydrazone groups is 1. The van der Waals surface area contributed by atoms with Gasteiger partial charge >= 0.3 is 0 Å². The van der Waals surface area contributed by atoms with Crippen molar-refractivity contribution < 1.29 is 33.3 Å². The third kappa shape index (κ3) is 5.20. The summed E-state index contributed by atoms with van der Waals surface area (Å²) in [6, 6.07) is 8.41. The van der Waals surface area contributed by atoms with Crippen molar-refractivity contribution in [1.82, 2.24) is 10.7 Å². The number of rotatable bonds is 8. The predicted octanol–water partition coefficient (Wildman–Crippen LogP) is 1.75. The Kier molecular flexibility index (Phi) is 7.37. The van der Waals surface area contributed by atoms with Crippen LogP contribution >= 0.6 is 0 Å². The highest BCUT2D eigenvalue weighted by molar-refractivity contribution is 6.00. The van der Waals surface area contributed by atoms with Gasteiger partial charge in [0, 0.05) is 11.1 Å². The molecule has 2 aromatic carbocycles. The van der Waals surface area contributed by atoms with Gasteiger partial charge in [0.1, 0.15) is 13.2 Å². The fraction of sp³-hybridized carbons (Fsp3) is 0.318. The molecule has 3 rings (SSSR count). The van der Waals surface area contributed by atoms with Gasteiger partial charge in [0.25, 0.3) is 11.8 Å². The number of hydrogen-bond donors (Lipinski definition) is 2. The lowest BCUT2D eigenvalue weighted by Gasteiger charge is -2.18. The van der Waals surface area contributed by atoms with Crippen molar-refractivity contribution in [2.45, 2.75) is 6.92 Å². The number of ether oxygens (including phenoxy) is 5. The second kappa shape index (κ2) is 10.4. The highest BCUT2D eigenvalue weighted by Gasteiger charge is 2.17. The standard InChI is InChI=1S/C22H25N3O7/c1-13(14-5-6-16-17(9-14)32-8-7-31-16)24-25-20(26)12-23-22(27)15-10-18(28-2)21(30-4)19(11-15)29-3/h5-6,9-11H,7-8,12H2,1-4H3,(H,23,27)(H,25,26)/b24-13+. The normalized spacial score (nSPS) is 12.6. The molecular weight excluding hydrogens is 418 g/mol. The van der Waals surface area contributed by atoms with Gasteiger partial charge in [0.15, 0.2) is 23.0 Å². The van der Waals surface area contributed by atoms with Crippen LogP contribution < -0.4 is 34.4 Å². The van der Waals surface area contributed by atoms with Crippen LogP contribution in [-0.4, -0.2) is 58.6 Å². The Morgan fingerprint density at radius 1 is 0.938 bits per heavy atom. The van der Waals surface area contributed by atoms with E-state index in [1.165, 1.54) is 33.5 Å². The second-order valence-corrected chi connectivity index (χ2v) is 6.69. The van der Waals surface area contributed by atoms with E-state index in [-0.39, 0.29) is 12.1 Å². The van der Waals surface area contributed by atoms with Gasteiger partial charge in [0.05, 0.1) is 33.6 Å². The molecule has 0 spiro atoms. The number of fused-ring (bicyclic) bond motifs is 1. The molecule has 10 nitrogen and oxygen atoms in total. The van der Waals surface area contributed by atoms with Crippen molar-refractivity contribution in [2.24, 2.45) is 5.10 Å². The van der Waals surface area contributed by atoms with E-state index < -0.39 is 11.8 Å². The van der Waals surface area contributed by atoms with Crippen LogP contribution in [0.5, 0.6) is 28.7 Å². The maximum atomic E-state index is 12.5. The number of carbonyl (C=O) groups excluding carboxylic acids is 2. The second-order valence-electron chi connectivity index (χ2n) is 6.69. The molecule has 32 heavy (non-hydrogen) atoms. The molecule has 1 heterocycles. The summed E-state index contributed by atoms with van der Waals surface area (Å²) in [5, 5.41) is 6.62. The Morgan fingerprint density at radius 2 is 1.59 bits per heavy atom. The van der Waals surface area contributed by atoms with Gasteiger partial charge in [-0.2, -0.15) is 5.10 Å². The van der Waals surface area contributed by atoms with Crippen LogP contribution in [-0.2, 0) is 4.79 Å². The lowest BCUT2D eigenvalue weighted by Crippen LogP contribution is -2.35. The molecule has 0 aliphatic carbocycles. The summed E-state index contributed by atoms with van der Waals surface area (Å²) in [7, 11) is 4.38. The zero-order chi connectivity index (χ0) is 23.1. The molecule has 170 valence electrons. The molecule has 0 unspecified atom stereocenters. The van der Waals surface area contributed by atoms with E-state index >= 15 is 0 Å². The first-order chi connectivity index (χ1) is 15.5. The summed E-state index contributed by atoms with van der Waals surface area (Å²) in [6.07, 6.45) is 0. The van der Waals surface area contributed by atoms with Gasteiger partial charge < -0.3 is 29.0 Å². The van der Waals surface area contributed by atoms with E-state index in [4.69, 9.17) is 23.7 Å². The van der Waals surface area contributed by atoms with Crippen LogP contribution in [0, 0.1) is 0 Å². The first kappa shape index (κ1) is 22.7. The Hall–Kier alpha value is -3.95. The van der Waals surface area contributed by atoms with Gasteiger partial charge in [-0.05, 0) is 37.3 Å². The monoisotopic (exact) mass is 443 g/mol. The number of hydrogen-bond acceptors (Lipinski definition) is 8. The summed E-state index contributed by atoms with van der Waals surface area (Å²) in [4.78, 5) is 24.6. The van der Waals surface area contributed by atoms with Crippen LogP contribution in [0.25, 0.3) is 0 Å². The number of nitrogens with one attached hydrogen (secondary N) is 2. The van der Waals surface area contributed by atoms with Crippen molar-refractivity contribution in [2.75, 3.05) is 41.1 Å². The molecular formula is C22H25N3O7. The lowest BCUT2D eigenvalue weighted by atomic mass is 10.1. The molecule has 0 fully saturated rings. The molecule has 0 aromatic heterocycles. The first-order valence-electron chi connectivity index (χ1n) is 9.78. The van der Waals surface area contributed by atoms with E-state index in [2.05, 4.69) is 15.8 Å². The number of amides is 2. The molecule has 0 saturated heterocycles. The van der Waals surface area contributed by atoms with Crippen molar-refractivity contribution in [1.29, 1.82) is 0 Å². The van der Waals surface area contributed by atoms with Crippen LogP contribution in [0.15, 0.2) is 35.4 Å². The average Bonchev–Trinajstić information content (AvgIpc) is 2.84. The van der Waals surface area contributed by atoms with Crippen molar-refractivity contribution >= 4 is 17.5 Å². The molecule has 1 aliphatic rings. The molecule has 0 saturated carbocycles. The van der Waals surface area contributed by atoms with Crippen LogP contribution in [0.2, 0.25) is 0 Å². The van der Waals surface area contributed by atoms with Crippen LogP contribution in [0.3, 0.4) is 0 Å². The number of nitrogens with zero attached hydrogens (tertiary/aromatic N) is 1. The Morgan fingerprint density at radius 3 is 2.22 bits per heavy atom. The maximum Gasteiger partial charge on any atom is 0.259 e. The molecule has 1 aliphatic heterocycles. The van der Waals surface area contributed by atoms with Gasteiger partial charge in [-0.25, -0.2) is 5.43 Å². The smallest absolute Gasteiger partial charge is 0.259 e. The van der Waals surface area contributed by atoms with Gasteiger partial charge in [-0.3, -0.25) is 9.59 Å². The number of methoxy groups -OCH3 is 3. The summed E-state index contributed by atoms with van der Waals surface area (Å²) >= 11 is 0. The van der Waals surface area contributed by atoms with Crippen molar-refractivity contribution in [3.8, 4) is 28.7 Å². The zero-order valence-electron chi connectivity index (χ0n) is 18.3. The highest BCUT2D eigenvalue weighted by atomic mass is 16.6. The van der Waals surface area contributed by atoms with Crippen molar-refractivity contribution in [3.05, 3.63) is 41.5 Å². The Labute approximate surface area is 185 Å². The Balaban J connectivity index is 1.59. The van der Waals surface area contributed by atoms with E-state index in [0.717, 1.165) is 5.56 Å². The van der Waals surface area contributed by atoms with E-state index in [0.29, 0.717) is 47.7 Å². The summed E-state index contributed by atoms with van der Waals surface area (Å²) in [6.45, 7) is 2.47. The molecule has 2 N–H and O–H groups in total. The Bertz CT molecular complexity index is 1010. The van der Waals surface area contributed by atoms with Crippen LogP contribution in [0.4, 0.5) is 0 Å². The van der Waals surface area contributed by atoms with E-state index in [9.17, 15) is 9.59 Å². The fourth-order valence-electron chi connectivity index (χ4n) is 2.99. The summed E-state index contributed by atoms with van der Waals surface area (Å²) < 4.78 is 26.8. The zero-order valence-corrected chi connectivity index (χ0v) is 18.3. The average molecular weight is 443 g/mol. The highest BCUT2D eigenvalue weighted by Crippen LogP contribution is 2.38. The third-order valence-electron chi connectivity index (χ3n) is 4.64. The minimum atomic E-state index is -0.484. The predicted molar refractivity (Wildman–Crippen MR) is 116 cm³/mol. The first-order valence-corrected chi connectivity index (χ1v) is 9.78. The molecule has 2 aromatic rings. The van der Waals surface area contributed by atoms with E-state index in [1.807, 2.05) is 6.07 Å². The van der Waals surface area contributed by atoms with Crippen LogP contribution in [0.1, 0.15) is 22.8 Å². The minimum absolute atomic E-state index is 0.253. The third-order valence-corrected chi connectivity index (χ3v) is 4.64. The summed E-state index contributed by atoms with van der Waals surface area (Å²) in [5.41, 5.74) is 4.03. The lowest BCUT2D eigenvalue weighted by molar-refractivity contribution is -0.120. The molecule has 0 atom stereocenters. The molecule has 10 heteroatoms. The van der Waals surface area contributed by atoms with E-state index in [1.54, 1.807) is 19.1 Å². The SMILES string of the molecule is COc1cc(C(=O)NCC(=O)N/N=C(\C)c2ccc3c(c2)OCCO3)cc(OC)c1OC. The van der Waals surface area contributed by atoms with Gasteiger partial charge in [-0.1, -0.05) is 0 Å². The maximum absolute atomic E-state index is 12.5. The number of carbonyl (C=O) groups is 2. The quantitative estimate of drug-likeness (QED) is 0.472. The molecule has 2 amide bonds. The fourth-order valence-corrected chi connectivity index (χ4v) is 2.99. The largest absolute Gasteiger partial charge is 0.493 e. The molecule has 0 radical (unpaired) electrons. The molecule has 0 bridgehead atoms. The topological polar surface area (TPSA) is 117 Å².